The van der Waals surface area contributed by atoms with Crippen LogP contribution in [-0.4, -0.2) is 19.1 Å². The van der Waals surface area contributed by atoms with Crippen LogP contribution in [0.4, 0.5) is 5.69 Å². The lowest BCUT2D eigenvalue weighted by molar-refractivity contribution is -0.0377. The molecule has 0 amide bonds. The number of rotatable bonds is 3. The van der Waals surface area contributed by atoms with Gasteiger partial charge in [0.1, 0.15) is 5.60 Å². The summed E-state index contributed by atoms with van der Waals surface area (Å²) in [6.45, 7) is 1.65. The molecule has 0 atom stereocenters. The number of ether oxygens (including phenoxy) is 1. The van der Waals surface area contributed by atoms with Gasteiger partial charge in [-0.25, -0.2) is 4.79 Å². The third-order valence-electron chi connectivity index (χ3n) is 4.18. The van der Waals surface area contributed by atoms with Crippen LogP contribution in [0.1, 0.15) is 28.8 Å². The van der Waals surface area contributed by atoms with Crippen molar-refractivity contribution in [3.63, 3.8) is 0 Å². The summed E-state index contributed by atoms with van der Waals surface area (Å²) < 4.78 is 5.97. The van der Waals surface area contributed by atoms with Crippen molar-refractivity contribution in [2.24, 2.45) is 0 Å². The van der Waals surface area contributed by atoms with Gasteiger partial charge in [-0.1, -0.05) is 42.5 Å². The van der Waals surface area contributed by atoms with Crippen LogP contribution in [0.3, 0.4) is 0 Å². The Bertz CT molecular complexity index is 649. The molecule has 114 valence electrons. The first-order chi connectivity index (χ1) is 10.7. The molecule has 4 heteroatoms. The number of carbonyl (C=O) groups excluding carboxylic acids is 1. The number of nitrogen functional groups attached to an aromatic ring is 1. The first kappa shape index (κ1) is 14.6. The second kappa shape index (κ2) is 6.20. The first-order valence-electron chi connectivity index (χ1n) is 7.55. The number of piperidine rings is 1. The molecule has 0 bridgehead atoms. The molecule has 1 aliphatic rings. The van der Waals surface area contributed by atoms with Crippen molar-refractivity contribution in [1.29, 1.82) is 0 Å². The van der Waals surface area contributed by atoms with Gasteiger partial charge in [-0.3, -0.25) is 0 Å². The van der Waals surface area contributed by atoms with E-state index in [2.05, 4.69) is 5.32 Å². The molecule has 0 unspecified atom stereocenters. The average Bonchev–Trinajstić information content (AvgIpc) is 2.57. The molecule has 22 heavy (non-hydrogen) atoms. The first-order valence-corrected chi connectivity index (χ1v) is 7.55. The molecule has 0 aromatic heterocycles. The number of para-hydroxylation sites is 1. The van der Waals surface area contributed by atoms with E-state index in [0.717, 1.165) is 31.5 Å². The van der Waals surface area contributed by atoms with Gasteiger partial charge >= 0.3 is 5.97 Å². The SMILES string of the molecule is Nc1ccccc1C(=O)OC1(c2ccccc2)CCNCC1. The zero-order chi connectivity index (χ0) is 15.4. The van der Waals surface area contributed by atoms with Crippen molar-refractivity contribution in [2.75, 3.05) is 18.8 Å². The molecule has 2 aromatic rings. The molecule has 0 spiro atoms. The highest BCUT2D eigenvalue weighted by atomic mass is 16.6. The molecule has 2 aromatic carbocycles. The summed E-state index contributed by atoms with van der Waals surface area (Å²) in [5.74, 6) is -0.358. The number of hydrogen-bond donors (Lipinski definition) is 2. The molecule has 3 N–H and O–H groups in total. The van der Waals surface area contributed by atoms with E-state index >= 15 is 0 Å². The Kier molecular flexibility index (Phi) is 4.11. The highest BCUT2D eigenvalue weighted by molar-refractivity contribution is 5.95. The van der Waals surface area contributed by atoms with E-state index in [1.54, 1.807) is 18.2 Å². The van der Waals surface area contributed by atoms with E-state index < -0.39 is 5.60 Å². The van der Waals surface area contributed by atoms with E-state index in [9.17, 15) is 4.79 Å². The Balaban J connectivity index is 1.91. The topological polar surface area (TPSA) is 64.4 Å². The second-order valence-corrected chi connectivity index (χ2v) is 5.59. The van der Waals surface area contributed by atoms with Crippen molar-refractivity contribution in [3.8, 4) is 0 Å². The van der Waals surface area contributed by atoms with Crippen LogP contribution in [0, 0.1) is 0 Å². The van der Waals surface area contributed by atoms with E-state index in [1.165, 1.54) is 0 Å². The third kappa shape index (κ3) is 2.83. The predicted molar refractivity (Wildman–Crippen MR) is 86.5 cm³/mol. The minimum Gasteiger partial charge on any atom is -0.450 e. The largest absolute Gasteiger partial charge is 0.450 e. The van der Waals surface area contributed by atoms with Crippen molar-refractivity contribution in [3.05, 3.63) is 65.7 Å². The Morgan fingerprint density at radius 2 is 1.64 bits per heavy atom. The Morgan fingerprint density at radius 1 is 1.00 bits per heavy atom. The molecular weight excluding hydrogens is 276 g/mol. The van der Waals surface area contributed by atoms with Crippen molar-refractivity contribution < 1.29 is 9.53 Å². The van der Waals surface area contributed by atoms with Gasteiger partial charge in [-0.15, -0.1) is 0 Å². The number of nitrogens with two attached hydrogens (primary N) is 1. The number of hydrogen-bond acceptors (Lipinski definition) is 4. The van der Waals surface area contributed by atoms with Crippen LogP contribution in [0.2, 0.25) is 0 Å². The van der Waals surface area contributed by atoms with Crippen molar-refractivity contribution in [1.82, 2.24) is 5.32 Å². The summed E-state index contributed by atoms with van der Waals surface area (Å²) in [6, 6.07) is 17.0. The smallest absolute Gasteiger partial charge is 0.341 e. The van der Waals surface area contributed by atoms with E-state index in [4.69, 9.17) is 10.5 Å². The molecule has 0 aliphatic carbocycles. The Morgan fingerprint density at radius 3 is 2.32 bits per heavy atom. The summed E-state index contributed by atoms with van der Waals surface area (Å²) in [7, 11) is 0. The van der Waals surface area contributed by atoms with E-state index in [1.807, 2.05) is 36.4 Å². The van der Waals surface area contributed by atoms with Gasteiger partial charge < -0.3 is 15.8 Å². The molecule has 0 radical (unpaired) electrons. The third-order valence-corrected chi connectivity index (χ3v) is 4.18. The maximum absolute atomic E-state index is 12.6. The van der Waals surface area contributed by atoms with Gasteiger partial charge in [0, 0.05) is 18.5 Å². The van der Waals surface area contributed by atoms with E-state index in [-0.39, 0.29) is 5.97 Å². The maximum atomic E-state index is 12.6. The lowest BCUT2D eigenvalue weighted by Crippen LogP contribution is -2.43. The van der Waals surface area contributed by atoms with Crippen molar-refractivity contribution in [2.45, 2.75) is 18.4 Å². The number of benzene rings is 2. The number of esters is 1. The van der Waals surface area contributed by atoms with Crippen LogP contribution in [0.15, 0.2) is 54.6 Å². The molecule has 3 rings (SSSR count). The van der Waals surface area contributed by atoms with Gasteiger partial charge in [0.25, 0.3) is 0 Å². The fourth-order valence-corrected chi connectivity index (χ4v) is 2.94. The molecule has 1 saturated heterocycles. The number of anilines is 1. The molecule has 1 aliphatic heterocycles. The normalized spacial score (nSPS) is 16.9. The minimum atomic E-state index is -0.578. The van der Waals surface area contributed by atoms with Crippen LogP contribution in [0.25, 0.3) is 0 Å². The van der Waals surface area contributed by atoms with Crippen LogP contribution in [-0.2, 0) is 10.3 Å². The second-order valence-electron chi connectivity index (χ2n) is 5.59. The number of carbonyl (C=O) groups is 1. The molecular formula is C18H20N2O2. The standard InChI is InChI=1S/C18H20N2O2/c19-16-9-5-4-8-15(16)17(21)22-18(10-12-20-13-11-18)14-6-2-1-3-7-14/h1-9,20H,10-13,19H2. The minimum absolute atomic E-state index is 0.358. The zero-order valence-corrected chi connectivity index (χ0v) is 12.4. The fourth-order valence-electron chi connectivity index (χ4n) is 2.94. The van der Waals surface area contributed by atoms with Gasteiger partial charge in [0.2, 0.25) is 0 Å². The zero-order valence-electron chi connectivity index (χ0n) is 12.4. The predicted octanol–water partition coefficient (Wildman–Crippen LogP) is 2.70. The van der Waals surface area contributed by atoms with Crippen LogP contribution in [0.5, 0.6) is 0 Å². The quantitative estimate of drug-likeness (QED) is 0.675. The van der Waals surface area contributed by atoms with Crippen LogP contribution < -0.4 is 11.1 Å². The molecule has 0 saturated carbocycles. The molecule has 4 nitrogen and oxygen atoms in total. The Labute approximate surface area is 130 Å². The summed E-state index contributed by atoms with van der Waals surface area (Å²) in [5.41, 5.74) is 7.23. The maximum Gasteiger partial charge on any atom is 0.341 e. The number of nitrogens with one attached hydrogen (secondary N) is 1. The highest BCUT2D eigenvalue weighted by Crippen LogP contribution is 2.36. The Hall–Kier alpha value is -2.33. The molecule has 1 fully saturated rings. The summed E-state index contributed by atoms with van der Waals surface area (Å²) in [5, 5.41) is 3.32. The van der Waals surface area contributed by atoms with Crippen molar-refractivity contribution >= 4 is 11.7 Å². The highest BCUT2D eigenvalue weighted by Gasteiger charge is 2.38. The van der Waals surface area contributed by atoms with Gasteiger partial charge in [-0.05, 0) is 30.8 Å². The summed E-state index contributed by atoms with van der Waals surface area (Å²) in [4.78, 5) is 12.6. The molecule has 1 heterocycles. The fraction of sp³-hybridized carbons (Fsp3) is 0.278. The lowest BCUT2D eigenvalue weighted by Gasteiger charge is -2.37. The summed E-state index contributed by atoms with van der Waals surface area (Å²) >= 11 is 0. The summed E-state index contributed by atoms with van der Waals surface area (Å²) in [6.07, 6.45) is 1.52. The van der Waals surface area contributed by atoms with Crippen LogP contribution >= 0.6 is 0 Å². The van der Waals surface area contributed by atoms with E-state index in [0.29, 0.717) is 11.3 Å². The monoisotopic (exact) mass is 296 g/mol. The lowest BCUT2D eigenvalue weighted by atomic mass is 9.84. The van der Waals surface area contributed by atoms with Gasteiger partial charge in [0.05, 0.1) is 5.56 Å². The average molecular weight is 296 g/mol. The van der Waals surface area contributed by atoms with Gasteiger partial charge in [0.15, 0.2) is 0 Å². The van der Waals surface area contributed by atoms with Gasteiger partial charge in [-0.2, -0.15) is 0 Å².